The molecule has 3 heteroatoms. The molecule has 2 aliphatic rings. The lowest BCUT2D eigenvalue weighted by Crippen LogP contribution is -2.25. The summed E-state index contributed by atoms with van der Waals surface area (Å²) in [5.74, 6) is 1.33. The van der Waals surface area contributed by atoms with E-state index in [4.69, 9.17) is 0 Å². The Balaban J connectivity index is 1.22. The van der Waals surface area contributed by atoms with E-state index in [0.29, 0.717) is 29.0 Å². The standard InChI is InChI=1S/C35H41F3/c1-3-5-23-6-8-25(9-7-23)26-10-12-27(13-11-26)30-19-20-31(33(36)22-30)28-14-16-29(17-15-28)32-21-18-24(4-2)34(37)35(32)38/h14-23,25-27H,3-13H2,1-2H3. The summed E-state index contributed by atoms with van der Waals surface area (Å²) in [6.07, 6.45) is 13.7. The van der Waals surface area contributed by atoms with E-state index in [2.05, 4.69) is 13.0 Å². The Labute approximate surface area is 226 Å². The first-order valence-corrected chi connectivity index (χ1v) is 14.9. The van der Waals surface area contributed by atoms with Crippen molar-refractivity contribution in [3.8, 4) is 22.3 Å². The fraction of sp³-hybridized carbons (Fsp3) is 0.486. The molecule has 0 aliphatic heterocycles. The van der Waals surface area contributed by atoms with Crippen molar-refractivity contribution < 1.29 is 13.2 Å². The maximum Gasteiger partial charge on any atom is 0.166 e. The van der Waals surface area contributed by atoms with Crippen molar-refractivity contribution in [2.75, 3.05) is 0 Å². The van der Waals surface area contributed by atoms with Gasteiger partial charge in [0.05, 0.1) is 0 Å². The molecular weight excluding hydrogens is 477 g/mol. The van der Waals surface area contributed by atoms with E-state index in [-0.39, 0.29) is 11.4 Å². The van der Waals surface area contributed by atoms with E-state index in [0.717, 1.165) is 41.7 Å². The highest BCUT2D eigenvalue weighted by atomic mass is 19.2. The highest BCUT2D eigenvalue weighted by molar-refractivity contribution is 5.71. The molecule has 5 rings (SSSR count). The summed E-state index contributed by atoms with van der Waals surface area (Å²) in [7, 11) is 0. The van der Waals surface area contributed by atoms with Crippen LogP contribution >= 0.6 is 0 Å². The van der Waals surface area contributed by atoms with Crippen LogP contribution in [0.25, 0.3) is 22.3 Å². The van der Waals surface area contributed by atoms with Crippen LogP contribution in [-0.2, 0) is 6.42 Å². The van der Waals surface area contributed by atoms with Gasteiger partial charge in [-0.1, -0.05) is 88.1 Å². The van der Waals surface area contributed by atoms with Crippen LogP contribution in [0.1, 0.15) is 95.1 Å². The van der Waals surface area contributed by atoms with Crippen LogP contribution in [0.3, 0.4) is 0 Å². The van der Waals surface area contributed by atoms with Gasteiger partial charge in [-0.15, -0.1) is 0 Å². The van der Waals surface area contributed by atoms with Crippen molar-refractivity contribution >= 4 is 0 Å². The lowest BCUT2D eigenvalue weighted by atomic mass is 9.68. The molecule has 2 aliphatic carbocycles. The fourth-order valence-corrected chi connectivity index (χ4v) is 7.21. The number of aryl methyl sites for hydroxylation is 1. The minimum Gasteiger partial charge on any atom is -0.206 e. The van der Waals surface area contributed by atoms with Gasteiger partial charge in [0, 0.05) is 11.1 Å². The Morgan fingerprint density at radius 2 is 1.21 bits per heavy atom. The Hall–Kier alpha value is -2.55. The highest BCUT2D eigenvalue weighted by Crippen LogP contribution is 2.45. The topological polar surface area (TPSA) is 0 Å². The number of rotatable bonds is 7. The number of hydrogen-bond acceptors (Lipinski definition) is 0. The monoisotopic (exact) mass is 518 g/mol. The SMILES string of the molecule is CCCC1CCC(C2CCC(c3ccc(-c4ccc(-c5ccc(CC)c(F)c5F)cc4)c(F)c3)CC2)CC1. The summed E-state index contributed by atoms with van der Waals surface area (Å²) in [5.41, 5.74) is 3.58. The largest absolute Gasteiger partial charge is 0.206 e. The maximum atomic E-state index is 15.3. The van der Waals surface area contributed by atoms with Crippen LogP contribution in [0, 0.1) is 35.2 Å². The number of halogens is 3. The molecule has 0 radical (unpaired) electrons. The van der Waals surface area contributed by atoms with Gasteiger partial charge in [0.2, 0.25) is 0 Å². The van der Waals surface area contributed by atoms with Crippen molar-refractivity contribution in [1.29, 1.82) is 0 Å². The van der Waals surface area contributed by atoms with E-state index in [1.807, 2.05) is 6.07 Å². The van der Waals surface area contributed by atoms with Gasteiger partial charge in [0.1, 0.15) is 5.82 Å². The molecule has 0 saturated heterocycles. The third kappa shape index (κ3) is 5.72. The molecule has 0 unspecified atom stereocenters. The minimum absolute atomic E-state index is 0.212. The second-order valence-electron chi connectivity index (χ2n) is 11.8. The summed E-state index contributed by atoms with van der Waals surface area (Å²) in [5, 5.41) is 0. The van der Waals surface area contributed by atoms with Gasteiger partial charge >= 0.3 is 0 Å². The first-order valence-electron chi connectivity index (χ1n) is 14.9. The Morgan fingerprint density at radius 3 is 1.79 bits per heavy atom. The molecule has 0 atom stereocenters. The minimum atomic E-state index is -0.827. The fourth-order valence-electron chi connectivity index (χ4n) is 7.21. The van der Waals surface area contributed by atoms with Crippen LogP contribution in [-0.4, -0.2) is 0 Å². The predicted molar refractivity (Wildman–Crippen MR) is 152 cm³/mol. The smallest absolute Gasteiger partial charge is 0.166 e. The molecule has 3 aromatic carbocycles. The quantitative estimate of drug-likeness (QED) is 0.292. The summed E-state index contributed by atoms with van der Waals surface area (Å²) in [6.45, 7) is 4.11. The molecule has 2 saturated carbocycles. The van der Waals surface area contributed by atoms with Gasteiger partial charge in [-0.25, -0.2) is 13.2 Å². The summed E-state index contributed by atoms with van der Waals surface area (Å²) < 4.78 is 44.1. The van der Waals surface area contributed by atoms with E-state index < -0.39 is 11.6 Å². The molecule has 0 spiro atoms. The van der Waals surface area contributed by atoms with Crippen LogP contribution in [0.5, 0.6) is 0 Å². The molecule has 0 aromatic heterocycles. The van der Waals surface area contributed by atoms with Gasteiger partial charge < -0.3 is 0 Å². The van der Waals surface area contributed by atoms with E-state index in [9.17, 15) is 8.78 Å². The molecule has 202 valence electrons. The van der Waals surface area contributed by atoms with Crippen LogP contribution in [0.4, 0.5) is 13.2 Å². The van der Waals surface area contributed by atoms with Crippen molar-refractivity contribution in [3.63, 3.8) is 0 Å². The normalized spacial score (nSPS) is 23.9. The number of benzene rings is 3. The first-order chi connectivity index (χ1) is 18.5. The second-order valence-corrected chi connectivity index (χ2v) is 11.8. The zero-order valence-electron chi connectivity index (χ0n) is 22.9. The average molecular weight is 519 g/mol. The third-order valence-electron chi connectivity index (χ3n) is 9.54. The van der Waals surface area contributed by atoms with E-state index >= 15 is 4.39 Å². The van der Waals surface area contributed by atoms with Gasteiger partial charge in [-0.3, -0.25) is 0 Å². The highest BCUT2D eigenvalue weighted by Gasteiger charge is 2.31. The average Bonchev–Trinajstić information content (AvgIpc) is 2.95. The molecule has 0 nitrogen and oxygen atoms in total. The molecule has 0 amide bonds. The Kier molecular flexibility index (Phi) is 8.61. The Bertz CT molecular complexity index is 1210. The zero-order valence-corrected chi connectivity index (χ0v) is 22.9. The zero-order chi connectivity index (χ0) is 26.6. The molecule has 3 aromatic rings. The van der Waals surface area contributed by atoms with Gasteiger partial charge in [-0.2, -0.15) is 0 Å². The van der Waals surface area contributed by atoms with Crippen molar-refractivity contribution in [3.05, 3.63) is 83.2 Å². The molecule has 0 bridgehead atoms. The van der Waals surface area contributed by atoms with Crippen molar-refractivity contribution in [2.45, 2.75) is 90.4 Å². The molecule has 38 heavy (non-hydrogen) atoms. The maximum absolute atomic E-state index is 15.3. The molecule has 2 fully saturated rings. The summed E-state index contributed by atoms with van der Waals surface area (Å²) in [6, 6.07) is 16.0. The van der Waals surface area contributed by atoms with Crippen LogP contribution < -0.4 is 0 Å². The molecule has 0 heterocycles. The predicted octanol–water partition coefficient (Wildman–Crippen LogP) is 10.9. The van der Waals surface area contributed by atoms with E-state index in [1.165, 1.54) is 51.4 Å². The van der Waals surface area contributed by atoms with Crippen molar-refractivity contribution in [1.82, 2.24) is 0 Å². The lowest BCUT2D eigenvalue weighted by Gasteiger charge is -2.38. The van der Waals surface area contributed by atoms with Crippen molar-refractivity contribution in [2.24, 2.45) is 17.8 Å². The second kappa shape index (κ2) is 12.1. The van der Waals surface area contributed by atoms with Gasteiger partial charge in [0.15, 0.2) is 11.6 Å². The first kappa shape index (κ1) is 27.0. The van der Waals surface area contributed by atoms with Crippen LogP contribution in [0.15, 0.2) is 54.6 Å². The third-order valence-corrected chi connectivity index (χ3v) is 9.54. The Morgan fingerprint density at radius 1 is 0.632 bits per heavy atom. The van der Waals surface area contributed by atoms with E-state index in [1.54, 1.807) is 49.4 Å². The van der Waals surface area contributed by atoms with Gasteiger partial charge in [0.25, 0.3) is 0 Å². The molecular formula is C35H41F3. The summed E-state index contributed by atoms with van der Waals surface area (Å²) >= 11 is 0. The summed E-state index contributed by atoms with van der Waals surface area (Å²) in [4.78, 5) is 0. The number of hydrogen-bond donors (Lipinski definition) is 0. The van der Waals surface area contributed by atoms with Crippen LogP contribution in [0.2, 0.25) is 0 Å². The lowest BCUT2D eigenvalue weighted by molar-refractivity contribution is 0.156. The molecule has 0 N–H and O–H groups in total. The van der Waals surface area contributed by atoms with Gasteiger partial charge in [-0.05, 0) is 96.9 Å².